The molecule has 0 saturated carbocycles. The van der Waals surface area contributed by atoms with E-state index in [9.17, 15) is 9.90 Å². The second-order valence-electron chi connectivity index (χ2n) is 6.77. The van der Waals surface area contributed by atoms with Crippen molar-refractivity contribution in [3.8, 4) is 0 Å². The van der Waals surface area contributed by atoms with Gasteiger partial charge in [0.15, 0.2) is 0 Å². The Morgan fingerprint density at radius 2 is 1.89 bits per heavy atom. The summed E-state index contributed by atoms with van der Waals surface area (Å²) in [6, 6.07) is 13.0. The van der Waals surface area contributed by atoms with Crippen LogP contribution in [0.5, 0.6) is 0 Å². The van der Waals surface area contributed by atoms with Crippen LogP contribution < -0.4 is 0 Å². The molecule has 0 saturated heterocycles. The Morgan fingerprint density at radius 1 is 1.11 bits per heavy atom. The molecule has 7 nitrogen and oxygen atoms in total. The topological polar surface area (TPSA) is 84.1 Å². The number of aliphatic hydroxyl groups excluding tert-OH is 1. The van der Waals surface area contributed by atoms with E-state index in [1.807, 2.05) is 48.0 Å². The highest BCUT2D eigenvalue weighted by atomic mass is 16.3. The Labute approximate surface area is 157 Å². The van der Waals surface area contributed by atoms with Gasteiger partial charge < -0.3 is 10.0 Å². The van der Waals surface area contributed by atoms with Gasteiger partial charge >= 0.3 is 0 Å². The van der Waals surface area contributed by atoms with E-state index in [1.165, 1.54) is 0 Å². The SMILES string of the molecule is Cc1cc(C(=O)N2CCn3nc(C(O)c4ccccc4)cc3C2)nc(C)n1. The van der Waals surface area contributed by atoms with E-state index in [4.69, 9.17) is 0 Å². The third kappa shape index (κ3) is 3.46. The largest absolute Gasteiger partial charge is 0.382 e. The van der Waals surface area contributed by atoms with E-state index in [1.54, 1.807) is 17.9 Å². The van der Waals surface area contributed by atoms with Crippen LogP contribution in [0.4, 0.5) is 0 Å². The molecule has 1 aliphatic heterocycles. The van der Waals surface area contributed by atoms with Crippen molar-refractivity contribution in [3.05, 3.63) is 76.6 Å². The predicted molar refractivity (Wildman–Crippen MR) is 99.0 cm³/mol. The van der Waals surface area contributed by atoms with Gasteiger partial charge in [-0.3, -0.25) is 9.48 Å². The van der Waals surface area contributed by atoms with Crippen molar-refractivity contribution in [2.24, 2.45) is 0 Å². The third-order valence-corrected chi connectivity index (χ3v) is 4.68. The molecule has 2 aromatic heterocycles. The number of nitrogens with zero attached hydrogens (tertiary/aromatic N) is 5. The third-order valence-electron chi connectivity index (χ3n) is 4.68. The molecular weight excluding hydrogens is 342 g/mol. The van der Waals surface area contributed by atoms with Crippen molar-refractivity contribution in [3.63, 3.8) is 0 Å². The number of hydrogen-bond donors (Lipinski definition) is 1. The van der Waals surface area contributed by atoms with Crippen LogP contribution in [-0.2, 0) is 13.1 Å². The van der Waals surface area contributed by atoms with Gasteiger partial charge in [0.1, 0.15) is 17.6 Å². The predicted octanol–water partition coefficient (Wildman–Crippen LogP) is 2.03. The average molecular weight is 363 g/mol. The Balaban J connectivity index is 1.55. The molecule has 3 heterocycles. The highest BCUT2D eigenvalue weighted by Crippen LogP contribution is 2.24. The van der Waals surface area contributed by atoms with Gasteiger partial charge in [-0.05, 0) is 31.5 Å². The van der Waals surface area contributed by atoms with Gasteiger partial charge in [-0.2, -0.15) is 5.10 Å². The molecule has 1 aromatic carbocycles. The van der Waals surface area contributed by atoms with Crippen molar-refractivity contribution in [2.75, 3.05) is 6.54 Å². The van der Waals surface area contributed by atoms with Crippen LogP contribution in [0.3, 0.4) is 0 Å². The minimum absolute atomic E-state index is 0.110. The second-order valence-corrected chi connectivity index (χ2v) is 6.77. The Morgan fingerprint density at radius 3 is 2.63 bits per heavy atom. The second kappa shape index (κ2) is 6.92. The first-order valence-corrected chi connectivity index (χ1v) is 8.92. The first-order chi connectivity index (χ1) is 13.0. The van der Waals surface area contributed by atoms with Gasteiger partial charge in [0.25, 0.3) is 5.91 Å². The normalized spacial score (nSPS) is 14.7. The minimum atomic E-state index is -0.777. The zero-order valence-electron chi connectivity index (χ0n) is 15.3. The van der Waals surface area contributed by atoms with Crippen molar-refractivity contribution in [1.82, 2.24) is 24.6 Å². The molecule has 1 aliphatic rings. The monoisotopic (exact) mass is 363 g/mol. The number of hydrogen-bond acceptors (Lipinski definition) is 5. The summed E-state index contributed by atoms with van der Waals surface area (Å²) in [7, 11) is 0. The van der Waals surface area contributed by atoms with E-state index >= 15 is 0 Å². The van der Waals surface area contributed by atoms with Crippen LogP contribution in [0.15, 0.2) is 42.5 Å². The maximum Gasteiger partial charge on any atom is 0.273 e. The first-order valence-electron chi connectivity index (χ1n) is 8.92. The molecule has 0 radical (unpaired) electrons. The fourth-order valence-corrected chi connectivity index (χ4v) is 3.39. The average Bonchev–Trinajstić information content (AvgIpc) is 3.10. The van der Waals surface area contributed by atoms with Gasteiger partial charge in [0.2, 0.25) is 0 Å². The lowest BCUT2D eigenvalue weighted by atomic mass is 10.1. The summed E-state index contributed by atoms with van der Waals surface area (Å²) >= 11 is 0. The molecular formula is C20H21N5O2. The van der Waals surface area contributed by atoms with E-state index in [2.05, 4.69) is 15.1 Å². The maximum atomic E-state index is 12.8. The van der Waals surface area contributed by atoms with Gasteiger partial charge in [-0.15, -0.1) is 0 Å². The molecule has 0 aliphatic carbocycles. The fraction of sp³-hybridized carbons (Fsp3) is 0.300. The number of rotatable bonds is 3. The zero-order valence-corrected chi connectivity index (χ0v) is 15.3. The van der Waals surface area contributed by atoms with E-state index in [-0.39, 0.29) is 5.91 Å². The number of carbonyl (C=O) groups excluding carboxylic acids is 1. The van der Waals surface area contributed by atoms with Gasteiger partial charge in [0, 0.05) is 12.2 Å². The molecule has 0 spiro atoms. The fourth-order valence-electron chi connectivity index (χ4n) is 3.39. The summed E-state index contributed by atoms with van der Waals surface area (Å²) in [6.45, 7) is 5.22. The number of aliphatic hydroxyl groups is 1. The minimum Gasteiger partial charge on any atom is -0.382 e. The van der Waals surface area contributed by atoms with Crippen LogP contribution in [0.25, 0.3) is 0 Å². The van der Waals surface area contributed by atoms with Crippen LogP contribution in [0.1, 0.15) is 45.1 Å². The highest BCUT2D eigenvalue weighted by molar-refractivity contribution is 5.92. The summed E-state index contributed by atoms with van der Waals surface area (Å²) in [5.41, 5.74) is 3.49. The molecule has 4 rings (SSSR count). The summed E-state index contributed by atoms with van der Waals surface area (Å²) in [5, 5.41) is 15.1. The molecule has 0 bridgehead atoms. The molecule has 3 aromatic rings. The zero-order chi connectivity index (χ0) is 19.0. The number of amides is 1. The molecule has 7 heteroatoms. The summed E-state index contributed by atoms with van der Waals surface area (Å²) in [6.07, 6.45) is -0.777. The lowest BCUT2D eigenvalue weighted by Crippen LogP contribution is -2.38. The van der Waals surface area contributed by atoms with Crippen molar-refractivity contribution >= 4 is 5.91 Å². The number of carbonyl (C=O) groups is 1. The smallest absolute Gasteiger partial charge is 0.273 e. The number of aryl methyl sites for hydroxylation is 2. The lowest BCUT2D eigenvalue weighted by Gasteiger charge is -2.27. The van der Waals surface area contributed by atoms with Crippen LogP contribution in [0.2, 0.25) is 0 Å². The van der Waals surface area contributed by atoms with Gasteiger partial charge in [-0.1, -0.05) is 30.3 Å². The van der Waals surface area contributed by atoms with Crippen LogP contribution in [-0.4, -0.2) is 42.2 Å². The maximum absolute atomic E-state index is 12.8. The Bertz CT molecular complexity index is 963. The van der Waals surface area contributed by atoms with Crippen LogP contribution in [0, 0.1) is 13.8 Å². The molecule has 1 amide bonds. The molecule has 0 fully saturated rings. The van der Waals surface area contributed by atoms with Crippen molar-refractivity contribution in [1.29, 1.82) is 0 Å². The lowest BCUT2D eigenvalue weighted by molar-refractivity contribution is 0.0699. The standard InChI is InChI=1S/C20H21N5O2/c1-13-10-18(22-14(2)21-13)20(27)24-8-9-25-16(12-24)11-17(23-25)19(26)15-6-4-3-5-7-15/h3-7,10-11,19,26H,8-9,12H2,1-2H3. The molecule has 27 heavy (non-hydrogen) atoms. The van der Waals surface area contributed by atoms with E-state index < -0.39 is 6.10 Å². The quantitative estimate of drug-likeness (QED) is 0.770. The first kappa shape index (κ1) is 17.4. The van der Waals surface area contributed by atoms with Crippen molar-refractivity contribution in [2.45, 2.75) is 33.0 Å². The summed E-state index contributed by atoms with van der Waals surface area (Å²) in [4.78, 5) is 23.1. The van der Waals surface area contributed by atoms with Gasteiger partial charge in [-0.25, -0.2) is 9.97 Å². The van der Waals surface area contributed by atoms with Crippen LogP contribution >= 0.6 is 0 Å². The number of aromatic nitrogens is 4. The van der Waals surface area contributed by atoms with E-state index in [0.29, 0.717) is 36.8 Å². The highest BCUT2D eigenvalue weighted by Gasteiger charge is 2.26. The van der Waals surface area contributed by atoms with Gasteiger partial charge in [0.05, 0.1) is 24.5 Å². The summed E-state index contributed by atoms with van der Waals surface area (Å²) in [5.74, 6) is 0.481. The number of fused-ring (bicyclic) bond motifs is 1. The molecule has 1 unspecified atom stereocenters. The summed E-state index contributed by atoms with van der Waals surface area (Å²) < 4.78 is 1.86. The Hall–Kier alpha value is -3.06. The Kier molecular flexibility index (Phi) is 4.45. The van der Waals surface area contributed by atoms with E-state index in [0.717, 1.165) is 17.0 Å². The van der Waals surface area contributed by atoms with Crippen molar-refractivity contribution < 1.29 is 9.90 Å². The molecule has 138 valence electrons. The molecule has 1 atom stereocenters. The number of benzene rings is 1. The molecule has 1 N–H and O–H groups in total.